The average Bonchev–Trinajstić information content (AvgIpc) is 2.21. The topological polar surface area (TPSA) is 23.8 Å². The van der Waals surface area contributed by atoms with Crippen LogP contribution in [0, 0.1) is 11.3 Å². The summed E-state index contributed by atoms with van der Waals surface area (Å²) in [5.74, 6) is 0. The third kappa shape index (κ3) is 11.0. The molecule has 0 aromatic carbocycles. The van der Waals surface area contributed by atoms with E-state index in [4.69, 9.17) is 5.26 Å². The van der Waals surface area contributed by atoms with E-state index in [1.165, 1.54) is 25.7 Å². The third-order valence-corrected chi connectivity index (χ3v) is 2.07. The van der Waals surface area contributed by atoms with E-state index < -0.39 is 0 Å². The fraction of sp³-hybridized carbons (Fsp3) is 0.615. The largest absolute Gasteiger partial charge is 0.193 e. The van der Waals surface area contributed by atoms with Crippen LogP contribution in [0.5, 0.6) is 0 Å². The van der Waals surface area contributed by atoms with Crippen molar-refractivity contribution in [1.29, 1.82) is 5.26 Å². The molecule has 0 heterocycles. The van der Waals surface area contributed by atoms with Crippen LogP contribution < -0.4 is 0 Å². The summed E-state index contributed by atoms with van der Waals surface area (Å²) in [6, 6.07) is 1.99. The van der Waals surface area contributed by atoms with Gasteiger partial charge >= 0.3 is 0 Å². The molecular weight excluding hydrogens is 170 g/mol. The fourth-order valence-corrected chi connectivity index (χ4v) is 1.24. The maximum absolute atomic E-state index is 8.24. The Morgan fingerprint density at radius 2 is 1.57 bits per heavy atom. The van der Waals surface area contributed by atoms with Crippen LogP contribution in [0.25, 0.3) is 0 Å². The molecule has 78 valence electrons. The van der Waals surface area contributed by atoms with Gasteiger partial charge in [0, 0.05) is 6.08 Å². The molecular formula is C13H21N. The first-order valence-electron chi connectivity index (χ1n) is 5.61. The van der Waals surface area contributed by atoms with Crippen molar-refractivity contribution in [3.8, 4) is 6.07 Å². The highest BCUT2D eigenvalue weighted by atomic mass is 14.2. The van der Waals surface area contributed by atoms with Gasteiger partial charge in [0.2, 0.25) is 0 Å². The normalized spacial score (nSPS) is 11.1. The predicted molar refractivity (Wildman–Crippen MR) is 61.9 cm³/mol. The molecule has 0 fully saturated rings. The molecule has 0 rings (SSSR count). The molecule has 0 N–H and O–H groups in total. The van der Waals surface area contributed by atoms with E-state index in [1.54, 1.807) is 6.08 Å². The molecule has 0 aliphatic carbocycles. The van der Waals surface area contributed by atoms with Crippen molar-refractivity contribution in [1.82, 2.24) is 0 Å². The van der Waals surface area contributed by atoms with E-state index in [9.17, 15) is 0 Å². The second-order valence-corrected chi connectivity index (χ2v) is 3.43. The Hall–Kier alpha value is -1.03. The van der Waals surface area contributed by atoms with Crippen molar-refractivity contribution in [2.75, 3.05) is 0 Å². The molecule has 0 saturated heterocycles. The molecule has 0 bridgehead atoms. The number of unbranched alkanes of at least 4 members (excludes halogenated alkanes) is 5. The van der Waals surface area contributed by atoms with Gasteiger partial charge in [0.1, 0.15) is 0 Å². The lowest BCUT2D eigenvalue weighted by Crippen LogP contribution is -1.72. The first kappa shape index (κ1) is 13.0. The molecule has 0 spiro atoms. The number of nitrogens with zero attached hydrogens (tertiary/aromatic N) is 1. The summed E-state index contributed by atoms with van der Waals surface area (Å²) in [4.78, 5) is 0. The van der Waals surface area contributed by atoms with Crippen LogP contribution in [-0.2, 0) is 0 Å². The Balaban J connectivity index is 3.11. The number of allylic oxidation sites excluding steroid dienone is 4. The van der Waals surface area contributed by atoms with Gasteiger partial charge in [0.15, 0.2) is 0 Å². The van der Waals surface area contributed by atoms with Crippen molar-refractivity contribution < 1.29 is 0 Å². The van der Waals surface area contributed by atoms with Crippen molar-refractivity contribution in [2.45, 2.75) is 51.9 Å². The van der Waals surface area contributed by atoms with Crippen molar-refractivity contribution in [3.63, 3.8) is 0 Å². The van der Waals surface area contributed by atoms with E-state index in [1.807, 2.05) is 12.1 Å². The minimum Gasteiger partial charge on any atom is -0.193 e. The summed E-state index contributed by atoms with van der Waals surface area (Å²) < 4.78 is 0. The number of hydrogen-bond acceptors (Lipinski definition) is 1. The summed E-state index contributed by atoms with van der Waals surface area (Å²) in [6.45, 7) is 2.23. The Morgan fingerprint density at radius 1 is 0.929 bits per heavy atom. The summed E-state index contributed by atoms with van der Waals surface area (Å²) >= 11 is 0. The lowest BCUT2D eigenvalue weighted by Gasteiger charge is -1.92. The molecule has 0 aliphatic heterocycles. The van der Waals surface area contributed by atoms with Gasteiger partial charge in [0.05, 0.1) is 6.07 Å². The summed E-state index contributed by atoms with van der Waals surface area (Å²) in [7, 11) is 0. The molecule has 0 saturated carbocycles. The number of nitriles is 1. The second kappa shape index (κ2) is 12.0. The standard InChI is InChI=1S/C13H21N/c1-2-3-4-5-6-7-8-9-10-11-12-13-14/h6-7,11-12H,2-5,8-10H2,1H3. The number of rotatable bonds is 8. The van der Waals surface area contributed by atoms with Crippen LogP contribution in [0.3, 0.4) is 0 Å². The van der Waals surface area contributed by atoms with Gasteiger partial charge in [-0.2, -0.15) is 5.26 Å². The molecule has 0 radical (unpaired) electrons. The minimum absolute atomic E-state index is 1.02. The molecule has 0 aromatic heterocycles. The van der Waals surface area contributed by atoms with Crippen LogP contribution in [0.1, 0.15) is 51.9 Å². The Bertz CT molecular complexity index is 196. The zero-order valence-electron chi connectivity index (χ0n) is 9.21. The first-order chi connectivity index (χ1) is 6.91. The third-order valence-electron chi connectivity index (χ3n) is 2.07. The highest BCUT2D eigenvalue weighted by Crippen LogP contribution is 2.02. The van der Waals surface area contributed by atoms with Gasteiger partial charge in [-0.15, -0.1) is 0 Å². The van der Waals surface area contributed by atoms with Crippen LogP contribution in [0.4, 0.5) is 0 Å². The van der Waals surface area contributed by atoms with E-state index in [-0.39, 0.29) is 0 Å². The first-order valence-corrected chi connectivity index (χ1v) is 5.61. The van der Waals surface area contributed by atoms with Crippen molar-refractivity contribution in [3.05, 3.63) is 24.3 Å². The van der Waals surface area contributed by atoms with Gasteiger partial charge in [-0.25, -0.2) is 0 Å². The molecule has 0 atom stereocenters. The summed E-state index contributed by atoms with van der Waals surface area (Å²) in [5, 5.41) is 8.24. The summed E-state index contributed by atoms with van der Waals surface area (Å²) in [5.41, 5.74) is 0. The van der Waals surface area contributed by atoms with Crippen LogP contribution >= 0.6 is 0 Å². The minimum atomic E-state index is 1.02. The second-order valence-electron chi connectivity index (χ2n) is 3.43. The lowest BCUT2D eigenvalue weighted by atomic mass is 10.1. The molecule has 1 heteroatoms. The zero-order valence-corrected chi connectivity index (χ0v) is 9.21. The maximum Gasteiger partial charge on any atom is 0.0908 e. The maximum atomic E-state index is 8.24. The highest BCUT2D eigenvalue weighted by Gasteiger charge is 1.82. The van der Waals surface area contributed by atoms with Gasteiger partial charge in [-0.05, 0) is 32.1 Å². The average molecular weight is 191 g/mol. The molecule has 0 amide bonds. The van der Waals surface area contributed by atoms with E-state index >= 15 is 0 Å². The molecule has 0 aliphatic rings. The molecule has 1 nitrogen and oxygen atoms in total. The molecule has 0 aromatic rings. The molecule has 0 unspecified atom stereocenters. The van der Waals surface area contributed by atoms with Crippen LogP contribution in [0.15, 0.2) is 24.3 Å². The predicted octanol–water partition coefficient (Wildman–Crippen LogP) is 4.37. The van der Waals surface area contributed by atoms with Crippen LogP contribution in [0.2, 0.25) is 0 Å². The van der Waals surface area contributed by atoms with Crippen LogP contribution in [-0.4, -0.2) is 0 Å². The Kier molecular flexibility index (Phi) is 11.1. The van der Waals surface area contributed by atoms with E-state index in [0.717, 1.165) is 19.3 Å². The van der Waals surface area contributed by atoms with Crippen molar-refractivity contribution >= 4 is 0 Å². The van der Waals surface area contributed by atoms with Gasteiger partial charge in [0.25, 0.3) is 0 Å². The Morgan fingerprint density at radius 3 is 2.21 bits per heavy atom. The fourth-order valence-electron chi connectivity index (χ4n) is 1.24. The van der Waals surface area contributed by atoms with Gasteiger partial charge in [-0.1, -0.05) is 38.0 Å². The summed E-state index contributed by atoms with van der Waals surface area (Å²) in [6.07, 6.45) is 16.5. The van der Waals surface area contributed by atoms with Gasteiger partial charge < -0.3 is 0 Å². The van der Waals surface area contributed by atoms with E-state index in [0.29, 0.717) is 0 Å². The molecule has 14 heavy (non-hydrogen) atoms. The smallest absolute Gasteiger partial charge is 0.0908 e. The van der Waals surface area contributed by atoms with Crippen molar-refractivity contribution in [2.24, 2.45) is 0 Å². The number of hydrogen-bond donors (Lipinski definition) is 0. The SMILES string of the molecule is CCCCCC=CCCCC=CC#N. The quantitative estimate of drug-likeness (QED) is 0.317. The van der Waals surface area contributed by atoms with Gasteiger partial charge in [-0.3, -0.25) is 0 Å². The zero-order chi connectivity index (χ0) is 10.5. The Labute approximate surface area is 88.1 Å². The highest BCUT2D eigenvalue weighted by molar-refractivity contribution is 5.01. The monoisotopic (exact) mass is 191 g/mol. The van der Waals surface area contributed by atoms with E-state index in [2.05, 4.69) is 19.1 Å². The lowest BCUT2D eigenvalue weighted by molar-refractivity contribution is 0.727.